The second kappa shape index (κ2) is 16.3. The maximum absolute atomic E-state index is 12.2. The first-order chi connectivity index (χ1) is 13.4. The summed E-state index contributed by atoms with van der Waals surface area (Å²) in [5, 5.41) is 8.75. The van der Waals surface area contributed by atoms with Gasteiger partial charge in [-0.05, 0) is 31.4 Å². The lowest BCUT2D eigenvalue weighted by Gasteiger charge is -2.30. The molecule has 1 aromatic rings. The quantitative estimate of drug-likeness (QED) is 0.251. The molecule has 0 unspecified atom stereocenters. The van der Waals surface area contributed by atoms with Gasteiger partial charge < -0.3 is 26.6 Å². The van der Waals surface area contributed by atoms with Crippen LogP contribution in [0.4, 0.5) is 0 Å². The minimum absolute atomic E-state index is 0. The van der Waals surface area contributed by atoms with Crippen molar-refractivity contribution in [3.63, 3.8) is 0 Å². The zero-order chi connectivity index (χ0) is 20.7. The first kappa shape index (κ1) is 28.5. The first-order valence-electron chi connectivity index (χ1n) is 10.8. The van der Waals surface area contributed by atoms with Crippen LogP contribution in [0, 0.1) is 0 Å². The highest BCUT2D eigenvalue weighted by Crippen LogP contribution is 2.12. The topological polar surface area (TPSA) is 66.4 Å². The van der Waals surface area contributed by atoms with Crippen LogP contribution in [-0.4, -0.2) is 58.3 Å². The zero-order valence-electron chi connectivity index (χ0n) is 18.3. The number of benzene rings is 1. The molecule has 0 saturated heterocycles. The van der Waals surface area contributed by atoms with Gasteiger partial charge >= 0.3 is 0 Å². The van der Waals surface area contributed by atoms with Gasteiger partial charge in [0.25, 0.3) is 0 Å². The number of nitrogens with zero attached hydrogens (tertiary/aromatic N) is 1. The van der Waals surface area contributed by atoms with E-state index >= 15 is 0 Å². The summed E-state index contributed by atoms with van der Waals surface area (Å²) in [7, 11) is 0.939. The maximum Gasteiger partial charge on any atom is 0.240 e. The summed E-state index contributed by atoms with van der Waals surface area (Å²) in [5.74, 6) is 0. The van der Waals surface area contributed by atoms with Gasteiger partial charge in [0.2, 0.25) is 10.0 Å². The predicted octanol–water partition coefficient (Wildman–Crippen LogP) is 0.939. The molecule has 0 spiro atoms. The Labute approximate surface area is 189 Å². The van der Waals surface area contributed by atoms with Crippen molar-refractivity contribution >= 4 is 10.0 Å². The van der Waals surface area contributed by atoms with Gasteiger partial charge in [0.15, 0.2) is 0 Å². The zero-order valence-corrected chi connectivity index (χ0v) is 20.7. The van der Waals surface area contributed by atoms with Gasteiger partial charge in [0, 0.05) is 6.61 Å². The van der Waals surface area contributed by atoms with Crippen LogP contribution in [-0.2, 0) is 10.0 Å². The maximum atomic E-state index is 12.2. The largest absolute Gasteiger partial charge is 1.00 e. The molecule has 0 aliphatic carbocycles. The Kier molecular flexibility index (Phi) is 16.0. The number of rotatable bonds is 17. The fourth-order valence-corrected chi connectivity index (χ4v) is 4.39. The van der Waals surface area contributed by atoms with Crippen molar-refractivity contribution < 1.29 is 35.0 Å². The van der Waals surface area contributed by atoms with Gasteiger partial charge in [-0.2, -0.15) is 0 Å². The van der Waals surface area contributed by atoms with Crippen LogP contribution < -0.4 is 21.7 Å². The molecule has 0 radical (unpaired) electrons. The second-order valence-electron chi connectivity index (χ2n) is 8.35. The van der Waals surface area contributed by atoms with E-state index in [0.29, 0.717) is 18.0 Å². The molecule has 0 bridgehead atoms. The minimum atomic E-state index is -3.40. The van der Waals surface area contributed by atoms with Crippen LogP contribution in [0.25, 0.3) is 0 Å². The van der Waals surface area contributed by atoms with E-state index in [1.54, 1.807) is 24.3 Å². The molecule has 5 nitrogen and oxygen atoms in total. The molecule has 0 aromatic heterocycles. The fourth-order valence-electron chi connectivity index (χ4n) is 3.34. The molecule has 0 fully saturated rings. The smallest absolute Gasteiger partial charge is 0.240 e. The van der Waals surface area contributed by atoms with E-state index in [9.17, 15) is 8.42 Å². The van der Waals surface area contributed by atoms with E-state index < -0.39 is 10.0 Å². The third-order valence-corrected chi connectivity index (χ3v) is 6.71. The minimum Gasteiger partial charge on any atom is -1.00 e. The third-order valence-electron chi connectivity index (χ3n) is 5.23. The number of aliphatic hydroxyl groups is 1. The van der Waals surface area contributed by atoms with Crippen molar-refractivity contribution in [1.29, 1.82) is 0 Å². The Morgan fingerprint density at radius 3 is 1.79 bits per heavy atom. The molecule has 7 heteroatoms. The average Bonchev–Trinajstić information content (AvgIpc) is 2.66. The predicted molar refractivity (Wildman–Crippen MR) is 117 cm³/mol. The van der Waals surface area contributed by atoms with Gasteiger partial charge in [-0.15, -0.1) is 0 Å². The summed E-state index contributed by atoms with van der Waals surface area (Å²) in [6, 6.07) is 8.55. The Morgan fingerprint density at radius 2 is 1.28 bits per heavy atom. The summed E-state index contributed by atoms with van der Waals surface area (Å²) in [5.41, 5.74) is 0. The number of quaternary nitrogens is 1. The Balaban J connectivity index is 0.00000784. The van der Waals surface area contributed by atoms with Gasteiger partial charge in [0.05, 0.1) is 38.6 Å². The summed E-state index contributed by atoms with van der Waals surface area (Å²) in [6.07, 6.45) is 12.3. The van der Waals surface area contributed by atoms with Gasteiger partial charge in [0.1, 0.15) is 0 Å². The highest BCUT2D eigenvalue weighted by atomic mass is 79.9. The molecule has 0 aliphatic rings. The SMILES string of the molecule is C[N+](C)(CCCCCCCCCCCCO)CCNS(=O)(=O)c1ccccc1.[Br-]. The van der Waals surface area contributed by atoms with Crippen LogP contribution in [0.1, 0.15) is 64.2 Å². The van der Waals surface area contributed by atoms with Crippen molar-refractivity contribution in [3.05, 3.63) is 30.3 Å². The Hall–Kier alpha value is -0.470. The Morgan fingerprint density at radius 1 is 0.793 bits per heavy atom. The standard InChI is InChI=1S/C22H41N2O3S.BrH/c1-24(2,19-14-9-7-5-3-4-6-8-10-15-21-25)20-18-23-28(26,27)22-16-12-11-13-17-22;/h11-13,16-17,23,25H,3-10,14-15,18-21H2,1-2H3;1H/q+1;/p-1. The van der Waals surface area contributed by atoms with Crippen LogP contribution in [0.3, 0.4) is 0 Å². The number of hydrogen-bond donors (Lipinski definition) is 2. The Bertz CT molecular complexity index is 610. The number of hydrogen-bond acceptors (Lipinski definition) is 3. The number of nitrogens with one attached hydrogen (secondary N) is 1. The molecule has 29 heavy (non-hydrogen) atoms. The summed E-state index contributed by atoms with van der Waals surface area (Å²) in [4.78, 5) is 0.328. The normalized spacial score (nSPS) is 12.0. The molecule has 170 valence electrons. The van der Waals surface area contributed by atoms with E-state index in [1.165, 1.54) is 51.4 Å². The van der Waals surface area contributed by atoms with E-state index in [4.69, 9.17) is 5.11 Å². The van der Waals surface area contributed by atoms with Crippen molar-refractivity contribution in [2.24, 2.45) is 0 Å². The second-order valence-corrected chi connectivity index (χ2v) is 10.1. The molecule has 0 amide bonds. The third kappa shape index (κ3) is 14.2. The monoisotopic (exact) mass is 492 g/mol. The van der Waals surface area contributed by atoms with E-state index in [-0.39, 0.29) is 17.0 Å². The van der Waals surface area contributed by atoms with Crippen LogP contribution in [0.15, 0.2) is 35.2 Å². The lowest BCUT2D eigenvalue weighted by molar-refractivity contribution is -0.889. The van der Waals surface area contributed by atoms with Crippen LogP contribution in [0.2, 0.25) is 0 Å². The number of sulfonamides is 1. The molecule has 1 aromatic carbocycles. The number of aliphatic hydroxyl groups excluding tert-OH is 1. The van der Waals surface area contributed by atoms with Crippen LogP contribution in [0.5, 0.6) is 0 Å². The molecular weight excluding hydrogens is 452 g/mol. The molecule has 2 N–H and O–H groups in total. The van der Waals surface area contributed by atoms with Crippen molar-refractivity contribution in [1.82, 2.24) is 4.72 Å². The molecular formula is C22H41BrN2O3S. The number of halogens is 1. The molecule has 0 saturated carbocycles. The van der Waals surface area contributed by atoms with Crippen molar-refractivity contribution in [2.75, 3.05) is 40.3 Å². The first-order valence-corrected chi connectivity index (χ1v) is 12.3. The van der Waals surface area contributed by atoms with Crippen LogP contribution >= 0.6 is 0 Å². The number of unbranched alkanes of at least 4 members (excludes halogenated alkanes) is 9. The van der Waals surface area contributed by atoms with E-state index in [2.05, 4.69) is 18.8 Å². The summed E-state index contributed by atoms with van der Waals surface area (Å²) in [6.45, 7) is 2.66. The summed E-state index contributed by atoms with van der Waals surface area (Å²) < 4.78 is 28.0. The van der Waals surface area contributed by atoms with Crippen molar-refractivity contribution in [2.45, 2.75) is 69.1 Å². The molecule has 0 aliphatic heterocycles. The van der Waals surface area contributed by atoms with Gasteiger partial charge in [-0.25, -0.2) is 13.1 Å². The molecule has 1 rings (SSSR count). The highest BCUT2D eigenvalue weighted by Gasteiger charge is 2.18. The van der Waals surface area contributed by atoms with E-state index in [1.807, 2.05) is 6.07 Å². The lowest BCUT2D eigenvalue weighted by Crippen LogP contribution is -3.00. The van der Waals surface area contributed by atoms with Gasteiger partial charge in [-0.3, -0.25) is 0 Å². The highest BCUT2D eigenvalue weighted by molar-refractivity contribution is 7.89. The molecule has 0 atom stereocenters. The van der Waals surface area contributed by atoms with Gasteiger partial charge in [-0.1, -0.05) is 63.1 Å². The van der Waals surface area contributed by atoms with Crippen molar-refractivity contribution in [3.8, 4) is 0 Å². The fraction of sp³-hybridized carbons (Fsp3) is 0.727. The molecule has 0 heterocycles. The van der Waals surface area contributed by atoms with E-state index in [0.717, 1.165) is 30.4 Å². The number of likely N-dealkylation sites (N-methyl/N-ethyl adjacent to an activating group) is 1. The lowest BCUT2D eigenvalue weighted by atomic mass is 10.1. The summed E-state index contributed by atoms with van der Waals surface area (Å²) >= 11 is 0. The average molecular weight is 494 g/mol.